The number of fused-ring (bicyclic) bond motifs is 7. The van der Waals surface area contributed by atoms with Gasteiger partial charge in [-0.3, -0.25) is 0 Å². The summed E-state index contributed by atoms with van der Waals surface area (Å²) >= 11 is 1.84. The third-order valence-corrected chi connectivity index (χ3v) is 12.7. The first-order valence-electron chi connectivity index (χ1n) is 19.3. The van der Waals surface area contributed by atoms with Crippen LogP contribution in [0.4, 0.5) is 0 Å². The van der Waals surface area contributed by atoms with E-state index in [0.717, 1.165) is 33.4 Å². The molecule has 5 heteroatoms. The molecule has 0 saturated carbocycles. The molecule has 1 unspecified atom stereocenters. The summed E-state index contributed by atoms with van der Waals surface area (Å²) in [6.45, 7) is 0. The molecule has 1 aliphatic rings. The van der Waals surface area contributed by atoms with E-state index < -0.39 is 5.41 Å². The van der Waals surface area contributed by atoms with Gasteiger partial charge in [0.2, 0.25) is 0 Å². The largest absolute Gasteiger partial charge is 0.208 e. The van der Waals surface area contributed by atoms with E-state index >= 15 is 0 Å². The number of nitrogens with zero attached hydrogens (tertiary/aromatic N) is 4. The third-order valence-electron chi connectivity index (χ3n) is 11.5. The summed E-state index contributed by atoms with van der Waals surface area (Å²) < 4.78 is 2.50. The van der Waals surface area contributed by atoms with Crippen molar-refractivity contribution < 1.29 is 0 Å². The minimum atomic E-state index is -0.645. The van der Waals surface area contributed by atoms with E-state index in [1.165, 1.54) is 48.0 Å². The number of aromatic nitrogens is 3. The van der Waals surface area contributed by atoms with Crippen LogP contribution in [0.25, 0.3) is 76.6 Å². The average molecular weight is 757 g/mol. The zero-order chi connectivity index (χ0) is 38.6. The highest BCUT2D eigenvalue weighted by Crippen LogP contribution is 2.60. The highest BCUT2D eigenvalue weighted by molar-refractivity contribution is 7.26. The van der Waals surface area contributed by atoms with E-state index in [1.807, 2.05) is 84.1 Å². The molecule has 0 bridgehead atoms. The number of hydrogen-bond acceptors (Lipinski definition) is 5. The Morgan fingerprint density at radius 3 is 1.60 bits per heavy atom. The number of nitriles is 1. The van der Waals surface area contributed by atoms with Crippen molar-refractivity contribution in [3.8, 4) is 62.5 Å². The van der Waals surface area contributed by atoms with Crippen LogP contribution < -0.4 is 0 Å². The zero-order valence-corrected chi connectivity index (χ0v) is 32.0. The van der Waals surface area contributed by atoms with Gasteiger partial charge in [-0.15, -0.1) is 11.3 Å². The van der Waals surface area contributed by atoms with Gasteiger partial charge in [0.1, 0.15) is 0 Å². The number of rotatable bonds is 6. The maximum absolute atomic E-state index is 9.68. The van der Waals surface area contributed by atoms with Gasteiger partial charge in [-0.05, 0) is 68.8 Å². The van der Waals surface area contributed by atoms with Crippen molar-refractivity contribution >= 4 is 31.5 Å². The highest BCUT2D eigenvalue weighted by atomic mass is 32.1. The Kier molecular flexibility index (Phi) is 7.92. The van der Waals surface area contributed by atoms with Crippen molar-refractivity contribution in [2.24, 2.45) is 0 Å². The summed E-state index contributed by atoms with van der Waals surface area (Å²) in [5, 5.41) is 12.2. The van der Waals surface area contributed by atoms with Crippen molar-refractivity contribution in [2.45, 2.75) is 5.41 Å². The van der Waals surface area contributed by atoms with Crippen molar-refractivity contribution in [1.82, 2.24) is 15.0 Å². The van der Waals surface area contributed by atoms with Gasteiger partial charge in [-0.1, -0.05) is 170 Å². The molecule has 0 fully saturated rings. The molecule has 58 heavy (non-hydrogen) atoms. The second kappa shape index (κ2) is 13.6. The smallest absolute Gasteiger partial charge is 0.164 e. The van der Waals surface area contributed by atoms with Crippen LogP contribution in [0.1, 0.15) is 27.8 Å². The Morgan fingerprint density at radius 1 is 0.448 bits per heavy atom. The van der Waals surface area contributed by atoms with E-state index in [4.69, 9.17) is 15.0 Å². The van der Waals surface area contributed by atoms with Crippen LogP contribution >= 0.6 is 11.3 Å². The zero-order valence-electron chi connectivity index (χ0n) is 31.2. The number of benzene rings is 8. The summed E-state index contributed by atoms with van der Waals surface area (Å²) in [7, 11) is 0. The second-order valence-electron chi connectivity index (χ2n) is 14.6. The fourth-order valence-electron chi connectivity index (χ4n) is 8.87. The summed E-state index contributed by atoms with van der Waals surface area (Å²) in [4.78, 5) is 15.0. The molecule has 0 amide bonds. The molecule has 0 N–H and O–H groups in total. The summed E-state index contributed by atoms with van der Waals surface area (Å²) in [5.74, 6) is 1.89. The molecule has 0 spiro atoms. The van der Waals surface area contributed by atoms with Crippen LogP contribution in [0.2, 0.25) is 0 Å². The maximum Gasteiger partial charge on any atom is 0.164 e. The Balaban J connectivity index is 1.18. The highest BCUT2D eigenvalue weighted by Gasteiger charge is 2.47. The summed E-state index contributed by atoms with van der Waals surface area (Å²) in [5.41, 5.74) is 12.4. The molecule has 1 atom stereocenters. The first-order chi connectivity index (χ1) is 28.7. The van der Waals surface area contributed by atoms with Gasteiger partial charge in [-0.2, -0.15) is 5.26 Å². The van der Waals surface area contributed by atoms with Gasteiger partial charge in [-0.25, -0.2) is 15.0 Å². The molecule has 0 aliphatic heterocycles. The van der Waals surface area contributed by atoms with Crippen LogP contribution in [0.5, 0.6) is 0 Å². The first kappa shape index (κ1) is 33.8. The Hall–Kier alpha value is -7.52. The summed E-state index contributed by atoms with van der Waals surface area (Å²) in [6.07, 6.45) is 0. The molecule has 1 aliphatic carbocycles. The lowest BCUT2D eigenvalue weighted by Gasteiger charge is -2.34. The van der Waals surface area contributed by atoms with Crippen LogP contribution in [0.3, 0.4) is 0 Å². The van der Waals surface area contributed by atoms with Gasteiger partial charge in [0, 0.05) is 36.9 Å². The minimum Gasteiger partial charge on any atom is -0.208 e. The van der Waals surface area contributed by atoms with Crippen molar-refractivity contribution in [2.75, 3.05) is 0 Å². The Labute approximate surface area is 340 Å². The topological polar surface area (TPSA) is 62.5 Å². The standard InChI is InChI=1S/C53H32N4S/c54-33-34-24-26-35(27-25-34)43-32-45-47(48-42-21-11-13-23-46(42)58-49(43)48)41-20-10-12-22-44(41)53(45,39-18-8-3-9-19-39)40-30-28-38(29-31-40)52-56-50(36-14-4-1-5-15-36)55-51(57-52)37-16-6-2-7-17-37/h1-32H. The second-order valence-corrected chi connectivity index (χ2v) is 15.7. The monoisotopic (exact) mass is 756 g/mol. The predicted molar refractivity (Wildman–Crippen MR) is 236 cm³/mol. The predicted octanol–water partition coefficient (Wildman–Crippen LogP) is 13.1. The molecule has 8 aromatic carbocycles. The van der Waals surface area contributed by atoms with Crippen LogP contribution in [0.15, 0.2) is 194 Å². The lowest BCUT2D eigenvalue weighted by atomic mass is 9.67. The molecule has 0 saturated heterocycles. The molecule has 270 valence electrons. The van der Waals surface area contributed by atoms with Crippen LogP contribution in [-0.2, 0) is 5.41 Å². The lowest BCUT2D eigenvalue weighted by Crippen LogP contribution is -2.28. The molecule has 0 radical (unpaired) electrons. The lowest BCUT2D eigenvalue weighted by molar-refractivity contribution is 0.769. The fourth-order valence-corrected chi connectivity index (χ4v) is 10.1. The van der Waals surface area contributed by atoms with Crippen molar-refractivity contribution in [3.63, 3.8) is 0 Å². The average Bonchev–Trinajstić information content (AvgIpc) is 3.84. The van der Waals surface area contributed by atoms with Gasteiger partial charge < -0.3 is 0 Å². The van der Waals surface area contributed by atoms with Gasteiger partial charge in [0.05, 0.1) is 17.0 Å². The number of thiophene rings is 1. The first-order valence-corrected chi connectivity index (χ1v) is 20.1. The molecule has 2 aromatic heterocycles. The molecule has 4 nitrogen and oxygen atoms in total. The Morgan fingerprint density at radius 2 is 0.966 bits per heavy atom. The van der Waals surface area contributed by atoms with Gasteiger partial charge in [0.25, 0.3) is 0 Å². The number of hydrogen-bond donors (Lipinski definition) is 0. The Bertz CT molecular complexity index is 3150. The molecule has 11 rings (SSSR count). The quantitative estimate of drug-likeness (QED) is 0.169. The molecule has 2 heterocycles. The van der Waals surface area contributed by atoms with Gasteiger partial charge >= 0.3 is 0 Å². The molecular weight excluding hydrogens is 725 g/mol. The molecule has 10 aromatic rings. The van der Waals surface area contributed by atoms with E-state index in [0.29, 0.717) is 23.0 Å². The van der Waals surface area contributed by atoms with Crippen LogP contribution in [0, 0.1) is 11.3 Å². The fraction of sp³-hybridized carbons (Fsp3) is 0.0189. The van der Waals surface area contributed by atoms with Crippen LogP contribution in [-0.4, -0.2) is 15.0 Å². The normalized spacial score (nSPS) is 14.3. The van der Waals surface area contributed by atoms with E-state index in [1.54, 1.807) is 0 Å². The van der Waals surface area contributed by atoms with E-state index in [2.05, 4.69) is 127 Å². The van der Waals surface area contributed by atoms with Crippen molar-refractivity contribution in [3.05, 3.63) is 222 Å². The van der Waals surface area contributed by atoms with E-state index in [-0.39, 0.29) is 0 Å². The molecular formula is C53H32N4S. The SMILES string of the molecule is N#Cc1ccc(-c2cc3c(c4c2sc2ccccc24)-c2ccccc2C3(c2ccccc2)c2ccc(-c3nc(-c4ccccc4)nc(-c4ccccc4)n3)cc2)cc1. The third kappa shape index (κ3) is 5.24. The van der Waals surface area contributed by atoms with Crippen molar-refractivity contribution in [1.29, 1.82) is 5.26 Å². The maximum atomic E-state index is 9.68. The minimum absolute atomic E-state index is 0.620. The van der Waals surface area contributed by atoms with E-state index in [9.17, 15) is 5.26 Å². The van der Waals surface area contributed by atoms with Gasteiger partial charge in [0.15, 0.2) is 17.5 Å². The summed E-state index contributed by atoms with van der Waals surface area (Å²) in [6, 6.07) is 70.4.